The number of amides is 2. The SMILES string of the molecule is CN(C)C(=O)c1ccc(Oc2ccc(OC(F)F)c(-c3nn(C4COC4)cc3NC(=O)c3cnn4cccnc34)c2)cc1. The molecule has 6 rings (SSSR count). The van der Waals surface area contributed by atoms with E-state index < -0.39 is 12.5 Å². The highest BCUT2D eigenvalue weighted by Crippen LogP contribution is 2.39. The van der Waals surface area contributed by atoms with Gasteiger partial charge in [-0.3, -0.25) is 14.3 Å². The van der Waals surface area contributed by atoms with E-state index in [1.807, 2.05) is 0 Å². The number of hydrogen-bond donors (Lipinski definition) is 1. The predicted molar refractivity (Wildman–Crippen MR) is 150 cm³/mol. The van der Waals surface area contributed by atoms with Crippen molar-refractivity contribution in [3.05, 3.63) is 84.4 Å². The van der Waals surface area contributed by atoms with Crippen LogP contribution in [0.3, 0.4) is 0 Å². The fraction of sp³-hybridized carbons (Fsp3) is 0.207. The lowest BCUT2D eigenvalue weighted by Crippen LogP contribution is -2.30. The third-order valence-corrected chi connectivity index (χ3v) is 6.66. The number of nitrogens with zero attached hydrogens (tertiary/aromatic N) is 6. The third kappa shape index (κ3) is 5.72. The molecule has 0 unspecified atom stereocenters. The Kier molecular flexibility index (Phi) is 7.42. The van der Waals surface area contributed by atoms with E-state index in [0.717, 1.165) is 0 Å². The molecule has 3 aromatic heterocycles. The zero-order valence-electron chi connectivity index (χ0n) is 23.0. The fourth-order valence-corrected chi connectivity index (χ4v) is 4.44. The summed E-state index contributed by atoms with van der Waals surface area (Å²) < 4.78 is 46.1. The van der Waals surface area contributed by atoms with Gasteiger partial charge in [0.1, 0.15) is 28.5 Å². The maximum Gasteiger partial charge on any atom is 0.387 e. The summed E-state index contributed by atoms with van der Waals surface area (Å²) in [5.41, 5.74) is 1.61. The quantitative estimate of drug-likeness (QED) is 0.266. The molecule has 0 radical (unpaired) electrons. The number of anilines is 1. The first-order valence-electron chi connectivity index (χ1n) is 13.1. The number of hydrogen-bond acceptors (Lipinski definition) is 8. The molecule has 1 aliphatic rings. The molecule has 2 amide bonds. The average molecular weight is 590 g/mol. The first-order chi connectivity index (χ1) is 20.8. The molecule has 2 aromatic carbocycles. The number of alkyl halides is 2. The average Bonchev–Trinajstić information content (AvgIpc) is 3.57. The highest BCUT2D eigenvalue weighted by molar-refractivity contribution is 6.09. The van der Waals surface area contributed by atoms with Crippen LogP contribution in [0, 0.1) is 0 Å². The van der Waals surface area contributed by atoms with Crippen molar-refractivity contribution in [1.29, 1.82) is 0 Å². The molecular formula is C29H25F2N7O5. The van der Waals surface area contributed by atoms with E-state index in [4.69, 9.17) is 14.2 Å². The largest absolute Gasteiger partial charge is 0.457 e. The van der Waals surface area contributed by atoms with Crippen LogP contribution in [-0.4, -0.2) is 75.0 Å². The van der Waals surface area contributed by atoms with Gasteiger partial charge in [-0.1, -0.05) is 0 Å². The van der Waals surface area contributed by atoms with Gasteiger partial charge in [0.25, 0.3) is 11.8 Å². The molecule has 1 saturated heterocycles. The van der Waals surface area contributed by atoms with E-state index >= 15 is 0 Å². The summed E-state index contributed by atoms with van der Waals surface area (Å²) in [5, 5.41) is 11.6. The summed E-state index contributed by atoms with van der Waals surface area (Å²) in [4.78, 5) is 31.3. The molecule has 220 valence electrons. The first kappa shape index (κ1) is 27.8. The molecule has 0 aliphatic carbocycles. The number of aromatic nitrogens is 5. The van der Waals surface area contributed by atoms with Gasteiger partial charge in [-0.2, -0.15) is 19.0 Å². The van der Waals surface area contributed by atoms with Crippen LogP contribution < -0.4 is 14.8 Å². The van der Waals surface area contributed by atoms with Gasteiger partial charge in [0, 0.05) is 38.2 Å². The monoisotopic (exact) mass is 589 g/mol. The van der Waals surface area contributed by atoms with Gasteiger partial charge in [0.05, 0.1) is 36.7 Å². The van der Waals surface area contributed by atoms with E-state index in [9.17, 15) is 18.4 Å². The molecule has 1 fully saturated rings. The molecule has 0 bridgehead atoms. The molecule has 14 heteroatoms. The third-order valence-electron chi connectivity index (χ3n) is 6.66. The lowest BCUT2D eigenvalue weighted by molar-refractivity contribution is -0.0495. The van der Waals surface area contributed by atoms with Gasteiger partial charge in [0.2, 0.25) is 0 Å². The van der Waals surface area contributed by atoms with Crippen LogP contribution in [0.15, 0.2) is 73.3 Å². The molecule has 5 aromatic rings. The Morgan fingerprint density at radius 2 is 1.88 bits per heavy atom. The molecule has 0 spiro atoms. The van der Waals surface area contributed by atoms with E-state index in [1.165, 1.54) is 33.8 Å². The summed E-state index contributed by atoms with van der Waals surface area (Å²) in [6.07, 6.45) is 6.20. The highest BCUT2D eigenvalue weighted by atomic mass is 19.3. The van der Waals surface area contributed by atoms with E-state index in [0.29, 0.717) is 30.2 Å². The van der Waals surface area contributed by atoms with Crippen molar-refractivity contribution in [3.63, 3.8) is 0 Å². The van der Waals surface area contributed by atoms with Crippen LogP contribution >= 0.6 is 0 Å². The number of fused-ring (bicyclic) bond motifs is 1. The van der Waals surface area contributed by atoms with Crippen molar-refractivity contribution in [2.75, 3.05) is 32.6 Å². The van der Waals surface area contributed by atoms with Crippen molar-refractivity contribution in [2.45, 2.75) is 12.7 Å². The van der Waals surface area contributed by atoms with Crippen molar-refractivity contribution in [2.24, 2.45) is 0 Å². The Labute approximate surface area is 243 Å². The molecule has 0 saturated carbocycles. The predicted octanol–water partition coefficient (Wildman–Crippen LogP) is 4.51. The van der Waals surface area contributed by atoms with Crippen LogP contribution in [0.2, 0.25) is 0 Å². The second kappa shape index (κ2) is 11.5. The summed E-state index contributed by atoms with van der Waals surface area (Å²) in [6, 6.07) is 12.4. The molecule has 1 aliphatic heterocycles. The van der Waals surface area contributed by atoms with Gasteiger partial charge in [-0.25, -0.2) is 9.50 Å². The number of benzene rings is 2. The Bertz CT molecular complexity index is 1800. The first-order valence-corrected chi connectivity index (χ1v) is 13.1. The number of ether oxygens (including phenoxy) is 3. The number of carbonyl (C=O) groups excluding carboxylic acids is 2. The minimum Gasteiger partial charge on any atom is -0.457 e. The Hall–Kier alpha value is -5.37. The minimum absolute atomic E-state index is 0.106. The number of nitrogens with one attached hydrogen (secondary N) is 1. The van der Waals surface area contributed by atoms with Crippen molar-refractivity contribution in [3.8, 4) is 28.5 Å². The molecule has 43 heavy (non-hydrogen) atoms. The molecule has 1 N–H and O–H groups in total. The fourth-order valence-electron chi connectivity index (χ4n) is 4.44. The lowest BCUT2D eigenvalue weighted by Gasteiger charge is -2.25. The standard InChI is InChI=1S/C29H25F2N7O5/c1-36(2)28(40)17-4-6-19(7-5-17)42-20-8-9-24(43-29(30)31)21(12-20)25-23(14-38(35-25)18-15-41-16-18)34-27(39)22-13-33-37-11-3-10-32-26(22)37/h3-14,18,29H,15-16H2,1-2H3,(H,34,39). The Morgan fingerprint density at radius 3 is 2.58 bits per heavy atom. The molecule has 0 atom stereocenters. The number of halogens is 2. The van der Waals surface area contributed by atoms with Crippen molar-refractivity contribution in [1.82, 2.24) is 29.3 Å². The summed E-state index contributed by atoms with van der Waals surface area (Å²) in [6.45, 7) is -2.30. The van der Waals surface area contributed by atoms with Crippen LogP contribution in [0.1, 0.15) is 26.8 Å². The zero-order chi connectivity index (χ0) is 30.1. The molecule has 4 heterocycles. The highest BCUT2D eigenvalue weighted by Gasteiger charge is 2.27. The smallest absolute Gasteiger partial charge is 0.387 e. The van der Waals surface area contributed by atoms with E-state index in [1.54, 1.807) is 67.7 Å². The number of carbonyl (C=O) groups is 2. The van der Waals surface area contributed by atoms with Gasteiger partial charge >= 0.3 is 6.61 Å². The van der Waals surface area contributed by atoms with Crippen LogP contribution in [-0.2, 0) is 4.74 Å². The normalized spacial score (nSPS) is 13.1. The molecule has 12 nitrogen and oxygen atoms in total. The van der Waals surface area contributed by atoms with E-state index in [2.05, 4.69) is 20.5 Å². The van der Waals surface area contributed by atoms with Crippen molar-refractivity contribution >= 4 is 23.1 Å². The van der Waals surface area contributed by atoms with Crippen LogP contribution in [0.25, 0.3) is 16.9 Å². The summed E-state index contributed by atoms with van der Waals surface area (Å²) in [5.74, 6) is -0.152. The second-order valence-electron chi connectivity index (χ2n) is 9.83. The van der Waals surface area contributed by atoms with E-state index in [-0.39, 0.29) is 46.0 Å². The lowest BCUT2D eigenvalue weighted by atomic mass is 10.1. The van der Waals surface area contributed by atoms with Crippen molar-refractivity contribution < 1.29 is 32.6 Å². The molecular weight excluding hydrogens is 564 g/mol. The zero-order valence-corrected chi connectivity index (χ0v) is 23.0. The van der Waals surface area contributed by atoms with Gasteiger partial charge in [-0.15, -0.1) is 0 Å². The van der Waals surface area contributed by atoms with Gasteiger partial charge in [0.15, 0.2) is 5.65 Å². The Balaban J connectivity index is 1.36. The maximum atomic E-state index is 13.5. The maximum absolute atomic E-state index is 13.5. The second-order valence-corrected chi connectivity index (χ2v) is 9.83. The van der Waals surface area contributed by atoms with Gasteiger partial charge in [-0.05, 0) is 48.5 Å². The van der Waals surface area contributed by atoms with Crippen LogP contribution in [0.4, 0.5) is 14.5 Å². The number of rotatable bonds is 9. The topological polar surface area (TPSA) is 125 Å². The Morgan fingerprint density at radius 1 is 1.12 bits per heavy atom. The van der Waals surface area contributed by atoms with Gasteiger partial charge < -0.3 is 24.4 Å². The summed E-state index contributed by atoms with van der Waals surface area (Å²) in [7, 11) is 3.31. The van der Waals surface area contributed by atoms with Crippen LogP contribution in [0.5, 0.6) is 17.2 Å². The minimum atomic E-state index is -3.11. The summed E-state index contributed by atoms with van der Waals surface area (Å²) >= 11 is 0.